The van der Waals surface area contributed by atoms with Crippen molar-refractivity contribution < 1.29 is 9.53 Å². The number of hydrogen-bond acceptors (Lipinski definition) is 2. The van der Waals surface area contributed by atoms with Crippen molar-refractivity contribution >= 4 is 11.6 Å². The Bertz CT molecular complexity index is 535. The molecule has 0 unspecified atom stereocenters. The SMILES string of the molecule is CCCCOc1ccc(NC(=O)c2ccccc2)cc1. The molecule has 0 heterocycles. The van der Waals surface area contributed by atoms with Gasteiger partial charge in [0.15, 0.2) is 0 Å². The van der Waals surface area contributed by atoms with Crippen LogP contribution in [0.25, 0.3) is 0 Å². The summed E-state index contributed by atoms with van der Waals surface area (Å²) in [6, 6.07) is 16.6. The van der Waals surface area contributed by atoms with Crippen molar-refractivity contribution in [3.8, 4) is 5.75 Å². The fraction of sp³-hybridized carbons (Fsp3) is 0.235. The highest BCUT2D eigenvalue weighted by atomic mass is 16.5. The third kappa shape index (κ3) is 4.12. The van der Waals surface area contributed by atoms with Gasteiger partial charge < -0.3 is 10.1 Å². The van der Waals surface area contributed by atoms with Crippen LogP contribution in [0.15, 0.2) is 54.6 Å². The van der Waals surface area contributed by atoms with Gasteiger partial charge in [-0.1, -0.05) is 31.5 Å². The van der Waals surface area contributed by atoms with E-state index in [0.717, 1.165) is 30.9 Å². The fourth-order valence-electron chi connectivity index (χ4n) is 1.76. The van der Waals surface area contributed by atoms with E-state index in [0.29, 0.717) is 5.56 Å². The summed E-state index contributed by atoms with van der Waals surface area (Å²) in [5, 5.41) is 2.86. The molecule has 0 spiro atoms. The summed E-state index contributed by atoms with van der Waals surface area (Å²) in [6.07, 6.45) is 2.16. The number of hydrogen-bond donors (Lipinski definition) is 1. The first-order chi connectivity index (χ1) is 9.79. The molecule has 20 heavy (non-hydrogen) atoms. The van der Waals surface area contributed by atoms with Crippen LogP contribution < -0.4 is 10.1 Å². The number of carbonyl (C=O) groups excluding carboxylic acids is 1. The van der Waals surface area contributed by atoms with E-state index in [1.165, 1.54) is 0 Å². The van der Waals surface area contributed by atoms with Crippen LogP contribution in [0.1, 0.15) is 30.1 Å². The monoisotopic (exact) mass is 269 g/mol. The molecular weight excluding hydrogens is 250 g/mol. The molecular formula is C17H19NO2. The van der Waals surface area contributed by atoms with E-state index >= 15 is 0 Å². The van der Waals surface area contributed by atoms with Gasteiger partial charge in [0.1, 0.15) is 5.75 Å². The standard InChI is InChI=1S/C17H19NO2/c1-2-3-13-20-16-11-9-15(10-12-16)18-17(19)14-7-5-4-6-8-14/h4-12H,2-3,13H2,1H3,(H,18,19). The van der Waals surface area contributed by atoms with Crippen LogP contribution in [-0.4, -0.2) is 12.5 Å². The van der Waals surface area contributed by atoms with Crippen molar-refractivity contribution in [2.45, 2.75) is 19.8 Å². The molecule has 2 aromatic rings. The zero-order valence-electron chi connectivity index (χ0n) is 11.6. The lowest BCUT2D eigenvalue weighted by atomic mass is 10.2. The number of carbonyl (C=O) groups is 1. The van der Waals surface area contributed by atoms with Gasteiger partial charge >= 0.3 is 0 Å². The summed E-state index contributed by atoms with van der Waals surface area (Å²) in [7, 11) is 0. The lowest BCUT2D eigenvalue weighted by Crippen LogP contribution is -2.11. The van der Waals surface area contributed by atoms with Gasteiger partial charge in [-0.15, -0.1) is 0 Å². The number of benzene rings is 2. The van der Waals surface area contributed by atoms with E-state index in [-0.39, 0.29) is 5.91 Å². The summed E-state index contributed by atoms with van der Waals surface area (Å²) in [5.41, 5.74) is 1.41. The molecule has 0 atom stereocenters. The van der Waals surface area contributed by atoms with Crippen LogP contribution in [0, 0.1) is 0 Å². The summed E-state index contributed by atoms with van der Waals surface area (Å²) >= 11 is 0. The first-order valence-corrected chi connectivity index (χ1v) is 6.89. The predicted molar refractivity (Wildman–Crippen MR) is 81.2 cm³/mol. The minimum atomic E-state index is -0.106. The molecule has 1 amide bonds. The predicted octanol–water partition coefficient (Wildman–Crippen LogP) is 4.12. The van der Waals surface area contributed by atoms with Crippen LogP contribution in [-0.2, 0) is 0 Å². The molecule has 104 valence electrons. The molecule has 0 aliphatic rings. The molecule has 0 bridgehead atoms. The Morgan fingerprint density at radius 1 is 1.05 bits per heavy atom. The molecule has 0 fully saturated rings. The second-order valence-corrected chi connectivity index (χ2v) is 4.55. The normalized spacial score (nSPS) is 10.1. The first-order valence-electron chi connectivity index (χ1n) is 6.89. The Balaban J connectivity index is 1.92. The molecule has 3 heteroatoms. The van der Waals surface area contributed by atoms with Gasteiger partial charge in [0.05, 0.1) is 6.61 Å². The number of anilines is 1. The highest BCUT2D eigenvalue weighted by molar-refractivity contribution is 6.04. The third-order valence-corrected chi connectivity index (χ3v) is 2.91. The topological polar surface area (TPSA) is 38.3 Å². The summed E-state index contributed by atoms with van der Waals surface area (Å²) in [6.45, 7) is 2.86. The second kappa shape index (κ2) is 7.34. The Morgan fingerprint density at radius 2 is 1.75 bits per heavy atom. The maximum absolute atomic E-state index is 12.0. The van der Waals surface area contributed by atoms with Gasteiger partial charge in [0, 0.05) is 11.3 Å². The van der Waals surface area contributed by atoms with Crippen molar-refractivity contribution in [1.82, 2.24) is 0 Å². The molecule has 0 aliphatic heterocycles. The number of amides is 1. The van der Waals surface area contributed by atoms with Gasteiger partial charge in [-0.2, -0.15) is 0 Å². The molecule has 3 nitrogen and oxygen atoms in total. The molecule has 0 aromatic heterocycles. The van der Waals surface area contributed by atoms with Crippen molar-refractivity contribution in [2.75, 3.05) is 11.9 Å². The van der Waals surface area contributed by atoms with E-state index in [9.17, 15) is 4.79 Å². The van der Waals surface area contributed by atoms with Crippen molar-refractivity contribution in [3.05, 3.63) is 60.2 Å². The van der Waals surface area contributed by atoms with Crippen LogP contribution in [0.4, 0.5) is 5.69 Å². The van der Waals surface area contributed by atoms with E-state index in [2.05, 4.69) is 12.2 Å². The molecule has 1 N–H and O–H groups in total. The Hall–Kier alpha value is -2.29. The van der Waals surface area contributed by atoms with E-state index < -0.39 is 0 Å². The first kappa shape index (κ1) is 14.1. The number of nitrogens with one attached hydrogen (secondary N) is 1. The highest BCUT2D eigenvalue weighted by Crippen LogP contribution is 2.16. The summed E-state index contributed by atoms with van der Waals surface area (Å²) in [5.74, 6) is 0.724. The fourth-order valence-corrected chi connectivity index (χ4v) is 1.76. The summed E-state index contributed by atoms with van der Waals surface area (Å²) in [4.78, 5) is 12.0. The average Bonchev–Trinajstić information content (AvgIpc) is 2.50. The maximum atomic E-state index is 12.0. The second-order valence-electron chi connectivity index (χ2n) is 4.55. The van der Waals surface area contributed by atoms with Gasteiger partial charge in [-0.3, -0.25) is 4.79 Å². The molecule has 0 saturated heterocycles. The van der Waals surface area contributed by atoms with Crippen LogP contribution >= 0.6 is 0 Å². The van der Waals surface area contributed by atoms with E-state index in [4.69, 9.17) is 4.74 Å². The Labute approximate surface area is 119 Å². The van der Waals surface area contributed by atoms with Crippen LogP contribution in [0.2, 0.25) is 0 Å². The largest absolute Gasteiger partial charge is 0.494 e. The number of unbranched alkanes of at least 4 members (excludes halogenated alkanes) is 1. The van der Waals surface area contributed by atoms with Crippen molar-refractivity contribution in [3.63, 3.8) is 0 Å². The maximum Gasteiger partial charge on any atom is 0.255 e. The number of rotatable bonds is 6. The lowest BCUT2D eigenvalue weighted by molar-refractivity contribution is 0.102. The van der Waals surface area contributed by atoms with Crippen molar-refractivity contribution in [1.29, 1.82) is 0 Å². The highest BCUT2D eigenvalue weighted by Gasteiger charge is 2.04. The zero-order chi connectivity index (χ0) is 14.2. The third-order valence-electron chi connectivity index (χ3n) is 2.91. The van der Waals surface area contributed by atoms with Gasteiger partial charge in [0.25, 0.3) is 5.91 Å². The van der Waals surface area contributed by atoms with Crippen molar-refractivity contribution in [2.24, 2.45) is 0 Å². The van der Waals surface area contributed by atoms with E-state index in [1.54, 1.807) is 12.1 Å². The quantitative estimate of drug-likeness (QED) is 0.801. The lowest BCUT2D eigenvalue weighted by Gasteiger charge is -2.08. The van der Waals surface area contributed by atoms with Crippen LogP contribution in [0.3, 0.4) is 0 Å². The average molecular weight is 269 g/mol. The van der Waals surface area contributed by atoms with E-state index in [1.807, 2.05) is 42.5 Å². The molecule has 2 rings (SSSR count). The molecule has 0 saturated carbocycles. The Morgan fingerprint density at radius 3 is 2.40 bits per heavy atom. The minimum Gasteiger partial charge on any atom is -0.494 e. The molecule has 0 aliphatic carbocycles. The summed E-state index contributed by atoms with van der Waals surface area (Å²) < 4.78 is 5.58. The molecule has 2 aromatic carbocycles. The molecule has 0 radical (unpaired) electrons. The number of ether oxygens (including phenoxy) is 1. The van der Waals surface area contributed by atoms with Gasteiger partial charge in [-0.05, 0) is 42.8 Å². The van der Waals surface area contributed by atoms with Gasteiger partial charge in [0.2, 0.25) is 0 Å². The smallest absolute Gasteiger partial charge is 0.255 e. The minimum absolute atomic E-state index is 0.106. The zero-order valence-corrected chi connectivity index (χ0v) is 11.6. The Kier molecular flexibility index (Phi) is 5.18. The van der Waals surface area contributed by atoms with Gasteiger partial charge in [-0.25, -0.2) is 0 Å². The van der Waals surface area contributed by atoms with Crippen LogP contribution in [0.5, 0.6) is 5.75 Å².